The Bertz CT molecular complexity index is 1110. The second kappa shape index (κ2) is 34.4. The molecule has 4 atom stereocenters. The average molecular weight is 766 g/mol. The first kappa shape index (κ1) is 50.9. The largest absolute Gasteiger partial charge is 0.472 e. The highest BCUT2D eigenvalue weighted by Gasteiger charge is 2.27. The molecular formula is C43H78N2O7P+. The first-order valence-corrected chi connectivity index (χ1v) is 21.9. The molecule has 0 aliphatic carbocycles. The summed E-state index contributed by atoms with van der Waals surface area (Å²) in [4.78, 5) is 23.0. The lowest BCUT2D eigenvalue weighted by Gasteiger charge is -2.25. The van der Waals surface area contributed by atoms with Crippen LogP contribution in [-0.2, 0) is 18.4 Å². The molecule has 10 heteroatoms. The number of rotatable bonds is 35. The number of likely N-dealkylation sites (N-methyl/N-ethyl adjacent to an activating group) is 1. The van der Waals surface area contributed by atoms with Crippen molar-refractivity contribution in [3.8, 4) is 0 Å². The van der Waals surface area contributed by atoms with Gasteiger partial charge in [-0.3, -0.25) is 13.8 Å². The van der Waals surface area contributed by atoms with Gasteiger partial charge in [-0.15, -0.1) is 0 Å². The summed E-state index contributed by atoms with van der Waals surface area (Å²) in [5, 5.41) is 24.0. The molecule has 0 aliphatic heterocycles. The van der Waals surface area contributed by atoms with E-state index in [1.165, 1.54) is 51.4 Å². The van der Waals surface area contributed by atoms with Gasteiger partial charge in [0.05, 0.1) is 46.0 Å². The Hall–Kier alpha value is -2.10. The van der Waals surface area contributed by atoms with Gasteiger partial charge in [0.25, 0.3) is 0 Å². The monoisotopic (exact) mass is 766 g/mol. The molecule has 0 fully saturated rings. The molecule has 0 heterocycles. The second-order valence-electron chi connectivity index (χ2n) is 14.8. The van der Waals surface area contributed by atoms with Crippen LogP contribution in [0.25, 0.3) is 0 Å². The number of carbonyl (C=O) groups excluding carboxylic acids is 1. The van der Waals surface area contributed by atoms with Crippen molar-refractivity contribution in [1.29, 1.82) is 0 Å². The molecule has 53 heavy (non-hydrogen) atoms. The number of quaternary nitrogens is 1. The minimum Gasteiger partial charge on any atom is -0.389 e. The van der Waals surface area contributed by atoms with Gasteiger partial charge in [0.15, 0.2) is 0 Å². The first-order valence-electron chi connectivity index (χ1n) is 20.4. The lowest BCUT2D eigenvalue weighted by molar-refractivity contribution is -0.870. The number of phosphoric acid groups is 1. The van der Waals surface area contributed by atoms with Crippen molar-refractivity contribution in [3.63, 3.8) is 0 Å². The van der Waals surface area contributed by atoms with Crippen LogP contribution in [-0.4, -0.2) is 84.6 Å². The Morgan fingerprint density at radius 2 is 1.28 bits per heavy atom. The van der Waals surface area contributed by atoms with Gasteiger partial charge in [-0.05, 0) is 70.6 Å². The van der Waals surface area contributed by atoms with Gasteiger partial charge < -0.3 is 24.9 Å². The number of amides is 1. The highest BCUT2D eigenvalue weighted by Crippen LogP contribution is 2.43. The summed E-state index contributed by atoms with van der Waals surface area (Å²) >= 11 is 0. The standard InChI is InChI=1S/C43H77N2O7P/c1-6-8-10-12-14-16-18-20-22-24-26-28-30-33-40(46)34-32-36-43(48)44-41(39-52-53(49,50)51-38-37-45(3,4)5)42(47)35-31-29-27-25-23-21-19-17-15-13-11-9-7-2/h11,13-14,16,20,22,26,28,30-31,33,35,40-42,46-47H,6-10,12,15,17-19,21,23-25,27,29,32,34,36-39H2,1-5H3,(H-,44,48,49,50)/p+1/b13-11-,16-14-,22-20-,28-26-,33-30+,35-31+/t40-,41-,42+/m0/s1. The van der Waals surface area contributed by atoms with Crippen molar-refractivity contribution in [1.82, 2.24) is 5.32 Å². The predicted molar refractivity (Wildman–Crippen MR) is 222 cm³/mol. The second-order valence-corrected chi connectivity index (χ2v) is 16.3. The van der Waals surface area contributed by atoms with E-state index in [4.69, 9.17) is 9.05 Å². The van der Waals surface area contributed by atoms with Gasteiger partial charge in [0.2, 0.25) is 5.91 Å². The van der Waals surface area contributed by atoms with E-state index in [9.17, 15) is 24.5 Å². The van der Waals surface area contributed by atoms with Gasteiger partial charge >= 0.3 is 7.82 Å². The summed E-state index contributed by atoms with van der Waals surface area (Å²) in [6.45, 7) is 4.53. The summed E-state index contributed by atoms with van der Waals surface area (Å²) in [6.07, 6.45) is 41.4. The fourth-order valence-electron chi connectivity index (χ4n) is 5.14. The van der Waals surface area contributed by atoms with E-state index in [1.54, 1.807) is 12.2 Å². The molecule has 0 aliphatic rings. The maximum absolute atomic E-state index is 12.8. The van der Waals surface area contributed by atoms with Gasteiger partial charge in [-0.25, -0.2) is 4.57 Å². The number of aliphatic hydroxyl groups excluding tert-OH is 2. The summed E-state index contributed by atoms with van der Waals surface area (Å²) in [5.74, 6) is -0.343. The average Bonchev–Trinajstić information content (AvgIpc) is 3.09. The lowest BCUT2D eigenvalue weighted by atomic mass is 10.1. The van der Waals surface area contributed by atoms with Crippen molar-refractivity contribution in [2.24, 2.45) is 0 Å². The van der Waals surface area contributed by atoms with Crippen molar-refractivity contribution >= 4 is 13.7 Å². The molecule has 1 amide bonds. The molecule has 0 bridgehead atoms. The Balaban J connectivity index is 4.74. The number of aliphatic hydroxyl groups is 2. The molecule has 0 aromatic heterocycles. The number of allylic oxidation sites excluding steroid dienone is 10. The lowest BCUT2D eigenvalue weighted by Crippen LogP contribution is -2.45. The SMILES string of the molecule is CCC/C=C\CCCCCCCC/C=C/[C@@H](O)[C@H](COP(=O)(O)OCC[N+](C)(C)C)NC(=O)CCC[C@@H](O)/C=C/C=C\C/C=C\C/C=C\CCCCC. The molecule has 306 valence electrons. The summed E-state index contributed by atoms with van der Waals surface area (Å²) < 4.78 is 23.4. The molecule has 0 saturated carbocycles. The number of nitrogens with one attached hydrogen (secondary N) is 1. The van der Waals surface area contributed by atoms with Gasteiger partial charge in [0, 0.05) is 6.42 Å². The van der Waals surface area contributed by atoms with Crippen LogP contribution in [0.1, 0.15) is 136 Å². The molecule has 0 saturated heterocycles. The number of unbranched alkanes of at least 4 members (excludes halogenated alkanes) is 11. The molecule has 1 unspecified atom stereocenters. The number of hydrogen-bond donors (Lipinski definition) is 4. The third kappa shape index (κ3) is 36.6. The maximum Gasteiger partial charge on any atom is 0.472 e. The number of carbonyl (C=O) groups is 1. The molecule has 0 aromatic rings. The van der Waals surface area contributed by atoms with Crippen LogP contribution in [0.4, 0.5) is 0 Å². The maximum atomic E-state index is 12.8. The van der Waals surface area contributed by atoms with Crippen LogP contribution in [0.2, 0.25) is 0 Å². The minimum atomic E-state index is -4.39. The zero-order chi connectivity index (χ0) is 39.5. The zero-order valence-corrected chi connectivity index (χ0v) is 35.0. The Kier molecular flexibility index (Phi) is 33.0. The zero-order valence-electron chi connectivity index (χ0n) is 34.1. The van der Waals surface area contributed by atoms with Gasteiger partial charge in [0.1, 0.15) is 13.2 Å². The molecule has 0 spiro atoms. The summed E-state index contributed by atoms with van der Waals surface area (Å²) in [7, 11) is 1.43. The number of nitrogens with zero attached hydrogens (tertiary/aromatic N) is 1. The summed E-state index contributed by atoms with van der Waals surface area (Å²) in [5.41, 5.74) is 0. The van der Waals surface area contributed by atoms with Crippen molar-refractivity contribution in [2.75, 3.05) is 40.9 Å². The van der Waals surface area contributed by atoms with Crippen molar-refractivity contribution in [3.05, 3.63) is 72.9 Å². The number of hydrogen-bond acceptors (Lipinski definition) is 6. The Morgan fingerprint density at radius 1 is 0.698 bits per heavy atom. The van der Waals surface area contributed by atoms with E-state index >= 15 is 0 Å². The van der Waals surface area contributed by atoms with Crippen molar-refractivity contribution < 1.29 is 38.0 Å². The highest BCUT2D eigenvalue weighted by atomic mass is 31.2. The Labute approximate surface area is 324 Å². The normalized spacial score (nSPS) is 15.8. The molecule has 0 radical (unpaired) electrons. The van der Waals surface area contributed by atoms with E-state index in [1.807, 2.05) is 45.4 Å². The third-order valence-corrected chi connectivity index (χ3v) is 9.46. The van der Waals surface area contributed by atoms with Crippen LogP contribution in [0.5, 0.6) is 0 Å². The van der Waals surface area contributed by atoms with Crippen molar-refractivity contribution in [2.45, 2.75) is 154 Å². The van der Waals surface area contributed by atoms with E-state index in [-0.39, 0.29) is 18.9 Å². The van der Waals surface area contributed by atoms with E-state index in [0.29, 0.717) is 23.9 Å². The predicted octanol–water partition coefficient (Wildman–Crippen LogP) is 9.82. The van der Waals surface area contributed by atoms with Crippen LogP contribution in [0.3, 0.4) is 0 Å². The molecule has 9 nitrogen and oxygen atoms in total. The first-order chi connectivity index (χ1) is 25.4. The van der Waals surface area contributed by atoms with Crippen LogP contribution in [0, 0.1) is 0 Å². The Morgan fingerprint density at radius 3 is 1.94 bits per heavy atom. The van der Waals surface area contributed by atoms with Gasteiger partial charge in [-0.1, -0.05) is 132 Å². The van der Waals surface area contributed by atoms with Crippen LogP contribution < -0.4 is 5.32 Å². The van der Waals surface area contributed by atoms with Crippen LogP contribution in [0.15, 0.2) is 72.9 Å². The fraction of sp³-hybridized carbons (Fsp3) is 0.698. The smallest absolute Gasteiger partial charge is 0.389 e. The molecule has 0 aromatic carbocycles. The quantitative estimate of drug-likeness (QED) is 0.0166. The third-order valence-electron chi connectivity index (χ3n) is 8.48. The van der Waals surface area contributed by atoms with Gasteiger partial charge in [-0.2, -0.15) is 0 Å². The van der Waals surface area contributed by atoms with E-state index in [2.05, 4.69) is 55.6 Å². The molecule has 4 N–H and O–H groups in total. The minimum absolute atomic E-state index is 0.0213. The molecular weight excluding hydrogens is 687 g/mol. The highest BCUT2D eigenvalue weighted by molar-refractivity contribution is 7.47. The fourth-order valence-corrected chi connectivity index (χ4v) is 5.88. The molecule has 0 rings (SSSR count). The van der Waals surface area contributed by atoms with E-state index < -0.39 is 32.7 Å². The van der Waals surface area contributed by atoms with E-state index in [0.717, 1.165) is 51.4 Å². The van der Waals surface area contributed by atoms with Crippen LogP contribution >= 0.6 is 7.82 Å². The number of phosphoric ester groups is 1. The topological polar surface area (TPSA) is 125 Å². The summed E-state index contributed by atoms with van der Waals surface area (Å²) in [6, 6.07) is -0.946.